The molecule has 7 aromatic rings. The van der Waals surface area contributed by atoms with E-state index in [0.29, 0.717) is 0 Å². The highest BCUT2D eigenvalue weighted by Gasteiger charge is 2.18. The smallest absolute Gasteiger partial charge is 0.160 e. The fourth-order valence-corrected chi connectivity index (χ4v) is 5.73. The maximum absolute atomic E-state index is 5.23. The highest BCUT2D eigenvalue weighted by atomic mass is 14.9. The Labute approximate surface area is 222 Å². The van der Waals surface area contributed by atoms with E-state index in [0.717, 1.165) is 33.9 Å². The van der Waals surface area contributed by atoms with Crippen molar-refractivity contribution in [1.82, 2.24) is 9.97 Å². The molecule has 6 aromatic carbocycles. The van der Waals surface area contributed by atoms with Crippen LogP contribution < -0.4 is 0 Å². The molecule has 0 N–H and O–H groups in total. The van der Waals surface area contributed by atoms with Gasteiger partial charge in [-0.1, -0.05) is 115 Å². The number of hydrogen-bond donors (Lipinski definition) is 0. The Balaban J connectivity index is 1.51. The van der Waals surface area contributed by atoms with Crippen LogP contribution in [0, 0.1) is 13.8 Å². The van der Waals surface area contributed by atoms with Crippen molar-refractivity contribution in [2.75, 3.05) is 0 Å². The number of aromatic nitrogens is 2. The second-order valence-corrected chi connectivity index (χ2v) is 9.89. The van der Waals surface area contributed by atoms with Crippen molar-refractivity contribution >= 4 is 32.3 Å². The van der Waals surface area contributed by atoms with Gasteiger partial charge in [0.15, 0.2) is 5.82 Å². The standard InChI is InChI=1S/C36H26N2/c1-23-12-6-7-15-27(23)34-24(2)37-36(38-35(34)25-13-4-3-5-14-25)26-20-21-32-30-18-9-8-16-28(30)29-17-10-11-19-31(29)33(32)22-26/h3-22H,1-2H3. The molecule has 1 heterocycles. The van der Waals surface area contributed by atoms with Crippen molar-refractivity contribution in [3.8, 4) is 33.8 Å². The van der Waals surface area contributed by atoms with E-state index < -0.39 is 0 Å². The van der Waals surface area contributed by atoms with Gasteiger partial charge in [0, 0.05) is 22.4 Å². The summed E-state index contributed by atoms with van der Waals surface area (Å²) in [6, 6.07) is 42.9. The summed E-state index contributed by atoms with van der Waals surface area (Å²) in [5.41, 5.74) is 7.54. The van der Waals surface area contributed by atoms with E-state index in [1.807, 2.05) is 6.07 Å². The predicted molar refractivity (Wildman–Crippen MR) is 160 cm³/mol. The van der Waals surface area contributed by atoms with Crippen LogP contribution in [0.4, 0.5) is 0 Å². The summed E-state index contributed by atoms with van der Waals surface area (Å²) in [4.78, 5) is 10.3. The molecule has 0 atom stereocenters. The molecule has 2 heteroatoms. The molecule has 38 heavy (non-hydrogen) atoms. The summed E-state index contributed by atoms with van der Waals surface area (Å²) in [6.07, 6.45) is 0. The Morgan fingerprint density at radius 2 is 1.00 bits per heavy atom. The average molecular weight is 487 g/mol. The van der Waals surface area contributed by atoms with E-state index in [4.69, 9.17) is 9.97 Å². The zero-order chi connectivity index (χ0) is 25.6. The summed E-state index contributed by atoms with van der Waals surface area (Å²) < 4.78 is 0. The molecular weight excluding hydrogens is 460 g/mol. The Hall–Kier alpha value is -4.82. The molecule has 0 aliphatic carbocycles. The molecule has 0 amide bonds. The first-order valence-electron chi connectivity index (χ1n) is 13.0. The maximum Gasteiger partial charge on any atom is 0.160 e. The number of nitrogens with zero attached hydrogens (tertiary/aromatic N) is 2. The van der Waals surface area contributed by atoms with Crippen LogP contribution in [-0.2, 0) is 0 Å². The minimum Gasteiger partial charge on any atom is -0.233 e. The van der Waals surface area contributed by atoms with Gasteiger partial charge in [0.1, 0.15) is 0 Å². The summed E-state index contributed by atoms with van der Waals surface area (Å²) in [6.45, 7) is 4.25. The molecule has 0 unspecified atom stereocenters. The van der Waals surface area contributed by atoms with Crippen LogP contribution in [0.1, 0.15) is 11.3 Å². The Morgan fingerprint density at radius 3 is 1.66 bits per heavy atom. The molecule has 2 nitrogen and oxygen atoms in total. The summed E-state index contributed by atoms with van der Waals surface area (Å²) in [7, 11) is 0. The zero-order valence-corrected chi connectivity index (χ0v) is 21.4. The molecule has 0 fully saturated rings. The van der Waals surface area contributed by atoms with Gasteiger partial charge in [-0.2, -0.15) is 0 Å². The van der Waals surface area contributed by atoms with E-state index in [1.54, 1.807) is 0 Å². The highest BCUT2D eigenvalue weighted by Crippen LogP contribution is 2.39. The molecule has 180 valence electrons. The van der Waals surface area contributed by atoms with Crippen LogP contribution in [0.2, 0.25) is 0 Å². The lowest BCUT2D eigenvalue weighted by Crippen LogP contribution is -2.01. The lowest BCUT2D eigenvalue weighted by molar-refractivity contribution is 1.12. The first-order chi connectivity index (χ1) is 18.7. The van der Waals surface area contributed by atoms with Crippen LogP contribution in [-0.4, -0.2) is 9.97 Å². The van der Waals surface area contributed by atoms with Crippen molar-refractivity contribution in [2.24, 2.45) is 0 Å². The van der Waals surface area contributed by atoms with Gasteiger partial charge in [0.25, 0.3) is 0 Å². The fourth-order valence-electron chi connectivity index (χ4n) is 5.73. The zero-order valence-electron chi connectivity index (χ0n) is 21.4. The van der Waals surface area contributed by atoms with Gasteiger partial charge in [-0.25, -0.2) is 9.97 Å². The molecular formula is C36H26N2. The highest BCUT2D eigenvalue weighted by molar-refractivity contribution is 6.25. The van der Waals surface area contributed by atoms with Crippen molar-refractivity contribution in [3.63, 3.8) is 0 Å². The number of aryl methyl sites for hydroxylation is 2. The fraction of sp³-hybridized carbons (Fsp3) is 0.0556. The van der Waals surface area contributed by atoms with Crippen molar-refractivity contribution < 1.29 is 0 Å². The average Bonchev–Trinajstić information content (AvgIpc) is 2.98. The predicted octanol–water partition coefficient (Wildman–Crippen LogP) is 9.55. The van der Waals surface area contributed by atoms with E-state index in [2.05, 4.69) is 129 Å². The third-order valence-corrected chi connectivity index (χ3v) is 7.55. The Bertz CT molecular complexity index is 1950. The van der Waals surface area contributed by atoms with Gasteiger partial charge in [0.2, 0.25) is 0 Å². The summed E-state index contributed by atoms with van der Waals surface area (Å²) >= 11 is 0. The van der Waals surface area contributed by atoms with Gasteiger partial charge in [0.05, 0.1) is 5.69 Å². The normalized spacial score (nSPS) is 11.4. The van der Waals surface area contributed by atoms with Gasteiger partial charge >= 0.3 is 0 Å². The maximum atomic E-state index is 5.23. The van der Waals surface area contributed by atoms with Gasteiger partial charge in [-0.15, -0.1) is 0 Å². The summed E-state index contributed by atoms with van der Waals surface area (Å²) in [5, 5.41) is 7.54. The van der Waals surface area contributed by atoms with Gasteiger partial charge < -0.3 is 0 Å². The number of rotatable bonds is 3. The lowest BCUT2D eigenvalue weighted by Gasteiger charge is -2.16. The molecule has 0 bridgehead atoms. The quantitative estimate of drug-likeness (QED) is 0.232. The second kappa shape index (κ2) is 8.93. The second-order valence-electron chi connectivity index (χ2n) is 9.89. The molecule has 0 saturated heterocycles. The largest absolute Gasteiger partial charge is 0.233 e. The van der Waals surface area contributed by atoms with E-state index in [-0.39, 0.29) is 0 Å². The van der Waals surface area contributed by atoms with Gasteiger partial charge in [-0.3, -0.25) is 0 Å². The minimum atomic E-state index is 0.748. The van der Waals surface area contributed by atoms with Crippen LogP contribution in [0.5, 0.6) is 0 Å². The molecule has 0 aliphatic rings. The van der Waals surface area contributed by atoms with Gasteiger partial charge in [-0.05, 0) is 63.4 Å². The SMILES string of the molecule is Cc1ccccc1-c1c(C)nc(-c2ccc3c4ccccc4c4ccccc4c3c2)nc1-c1ccccc1. The lowest BCUT2D eigenvalue weighted by atomic mass is 9.92. The van der Waals surface area contributed by atoms with Crippen LogP contribution >= 0.6 is 0 Å². The molecule has 0 spiro atoms. The summed E-state index contributed by atoms with van der Waals surface area (Å²) in [5.74, 6) is 0.748. The number of benzene rings is 6. The first-order valence-corrected chi connectivity index (χ1v) is 13.0. The van der Waals surface area contributed by atoms with Crippen LogP contribution in [0.15, 0.2) is 121 Å². The molecule has 1 aromatic heterocycles. The topological polar surface area (TPSA) is 25.8 Å². The van der Waals surface area contributed by atoms with E-state index in [9.17, 15) is 0 Å². The monoisotopic (exact) mass is 486 g/mol. The first kappa shape index (κ1) is 22.4. The molecule has 0 saturated carbocycles. The van der Waals surface area contributed by atoms with E-state index >= 15 is 0 Å². The molecule has 0 radical (unpaired) electrons. The third-order valence-electron chi connectivity index (χ3n) is 7.55. The van der Waals surface area contributed by atoms with Crippen LogP contribution in [0.3, 0.4) is 0 Å². The van der Waals surface area contributed by atoms with Crippen molar-refractivity contribution in [1.29, 1.82) is 0 Å². The van der Waals surface area contributed by atoms with Crippen molar-refractivity contribution in [3.05, 3.63) is 133 Å². The Morgan fingerprint density at radius 1 is 0.447 bits per heavy atom. The van der Waals surface area contributed by atoms with Crippen LogP contribution in [0.25, 0.3) is 66.1 Å². The molecule has 0 aliphatic heterocycles. The number of fused-ring (bicyclic) bond motifs is 6. The van der Waals surface area contributed by atoms with E-state index in [1.165, 1.54) is 43.4 Å². The van der Waals surface area contributed by atoms with Crippen molar-refractivity contribution in [2.45, 2.75) is 13.8 Å². The number of hydrogen-bond acceptors (Lipinski definition) is 2. The minimum absolute atomic E-state index is 0.748. The Kier molecular flexibility index (Phi) is 5.26. The molecule has 7 rings (SSSR count). The third kappa shape index (κ3) is 3.57.